The standard InChI is InChI=1S/C29H51N5O10/c1-17(2)16-43-23(37)14-13-19(31-21(35)11-10-12-22(36)34(8)9)25(38)33-24(18(3)4)26(39)32-20(27(40)41)15-30-28(42)44-29(5,6)7/h17-20,24H,10-16H2,1-9H3,(H,30,42)(H,31,35)(H,32,39)(H,33,38)(H,40,41)/t19-,20-,24-/m0/s1. The van der Waals surface area contributed by atoms with Gasteiger partial charge in [0.2, 0.25) is 23.6 Å². The summed E-state index contributed by atoms with van der Waals surface area (Å²) >= 11 is 0. The van der Waals surface area contributed by atoms with Crippen LogP contribution in [0.4, 0.5) is 4.79 Å². The molecule has 3 atom stereocenters. The first kappa shape index (κ1) is 40.1. The first-order chi connectivity index (χ1) is 20.2. The molecule has 0 rings (SSSR count). The maximum Gasteiger partial charge on any atom is 0.407 e. The molecule has 0 fully saturated rings. The number of rotatable bonds is 18. The third kappa shape index (κ3) is 17.9. The number of carboxylic acids is 1. The summed E-state index contributed by atoms with van der Waals surface area (Å²) in [7, 11) is 3.19. The van der Waals surface area contributed by atoms with E-state index in [-0.39, 0.29) is 50.5 Å². The molecular weight excluding hydrogens is 578 g/mol. The molecule has 0 aromatic carbocycles. The number of aliphatic carboxylic acids is 1. The number of carbonyl (C=O) groups excluding carboxylic acids is 6. The lowest BCUT2D eigenvalue weighted by Crippen LogP contribution is -2.58. The zero-order valence-electron chi connectivity index (χ0n) is 27.4. The van der Waals surface area contributed by atoms with Crippen LogP contribution >= 0.6 is 0 Å². The van der Waals surface area contributed by atoms with Crippen molar-refractivity contribution in [2.75, 3.05) is 27.2 Å². The minimum Gasteiger partial charge on any atom is -0.480 e. The second-order valence-corrected chi connectivity index (χ2v) is 12.4. The lowest BCUT2D eigenvalue weighted by atomic mass is 10.0. The third-order valence-electron chi connectivity index (χ3n) is 5.87. The summed E-state index contributed by atoms with van der Waals surface area (Å²) in [5.41, 5.74) is -0.820. The summed E-state index contributed by atoms with van der Waals surface area (Å²) in [5.74, 6) is -4.71. The van der Waals surface area contributed by atoms with E-state index in [0.29, 0.717) is 0 Å². The van der Waals surface area contributed by atoms with E-state index in [1.807, 2.05) is 13.8 Å². The van der Waals surface area contributed by atoms with E-state index < -0.39 is 71.9 Å². The van der Waals surface area contributed by atoms with Crippen LogP contribution < -0.4 is 21.3 Å². The number of carbonyl (C=O) groups is 7. The minimum atomic E-state index is -1.54. The zero-order valence-corrected chi connectivity index (χ0v) is 27.4. The van der Waals surface area contributed by atoms with Crippen LogP contribution in [0.1, 0.15) is 80.6 Å². The number of nitrogens with zero attached hydrogens (tertiary/aromatic N) is 1. The van der Waals surface area contributed by atoms with Gasteiger partial charge in [0.05, 0.1) is 13.2 Å². The van der Waals surface area contributed by atoms with Crippen LogP contribution in [0, 0.1) is 11.8 Å². The fraction of sp³-hybridized carbons (Fsp3) is 0.759. The summed E-state index contributed by atoms with van der Waals surface area (Å²) in [4.78, 5) is 88.2. The Balaban J connectivity index is 5.58. The van der Waals surface area contributed by atoms with Crippen molar-refractivity contribution < 1.29 is 48.1 Å². The van der Waals surface area contributed by atoms with Crippen LogP contribution in [0.5, 0.6) is 0 Å². The highest BCUT2D eigenvalue weighted by atomic mass is 16.6. The maximum atomic E-state index is 13.3. The predicted octanol–water partition coefficient (Wildman–Crippen LogP) is 0.944. The molecule has 0 saturated heterocycles. The van der Waals surface area contributed by atoms with Crippen molar-refractivity contribution in [1.82, 2.24) is 26.2 Å². The van der Waals surface area contributed by atoms with Crippen LogP contribution in [0.15, 0.2) is 0 Å². The smallest absolute Gasteiger partial charge is 0.407 e. The molecule has 44 heavy (non-hydrogen) atoms. The molecule has 0 unspecified atom stereocenters. The molecule has 5 N–H and O–H groups in total. The molecule has 15 heteroatoms. The van der Waals surface area contributed by atoms with Crippen molar-refractivity contribution in [3.8, 4) is 0 Å². The first-order valence-corrected chi connectivity index (χ1v) is 14.7. The molecular formula is C29H51N5O10. The van der Waals surface area contributed by atoms with Crippen LogP contribution in [0.3, 0.4) is 0 Å². The largest absolute Gasteiger partial charge is 0.480 e. The number of amides is 5. The molecule has 0 aliphatic heterocycles. The Morgan fingerprint density at radius 2 is 1.43 bits per heavy atom. The van der Waals surface area contributed by atoms with E-state index in [0.717, 1.165) is 0 Å². The van der Waals surface area contributed by atoms with Gasteiger partial charge < -0.3 is 40.7 Å². The molecule has 0 aromatic heterocycles. The number of hydrogen-bond donors (Lipinski definition) is 5. The van der Waals surface area contributed by atoms with Gasteiger partial charge in [0.1, 0.15) is 23.7 Å². The van der Waals surface area contributed by atoms with Crippen molar-refractivity contribution >= 4 is 41.7 Å². The third-order valence-corrected chi connectivity index (χ3v) is 5.87. The summed E-state index contributed by atoms with van der Waals surface area (Å²) in [6, 6.07) is -3.99. The second-order valence-electron chi connectivity index (χ2n) is 12.4. The minimum absolute atomic E-state index is 0.0554. The van der Waals surface area contributed by atoms with Gasteiger partial charge in [-0.05, 0) is 45.4 Å². The Bertz CT molecular complexity index is 1010. The number of carboxylic acid groups (broad SMARTS) is 1. The van der Waals surface area contributed by atoms with Crippen LogP contribution in [0.2, 0.25) is 0 Å². The van der Waals surface area contributed by atoms with E-state index in [1.165, 1.54) is 4.90 Å². The Kier molecular flexibility index (Phi) is 17.7. The van der Waals surface area contributed by atoms with E-state index in [2.05, 4.69) is 21.3 Å². The van der Waals surface area contributed by atoms with Crippen molar-refractivity contribution in [3.63, 3.8) is 0 Å². The second kappa shape index (κ2) is 19.4. The Morgan fingerprint density at radius 1 is 0.818 bits per heavy atom. The number of ether oxygens (including phenoxy) is 2. The number of nitrogens with one attached hydrogen (secondary N) is 4. The average molecular weight is 630 g/mol. The van der Waals surface area contributed by atoms with Gasteiger partial charge in [0.25, 0.3) is 0 Å². The highest BCUT2D eigenvalue weighted by Gasteiger charge is 2.32. The zero-order chi connectivity index (χ0) is 34.2. The number of hydrogen-bond acceptors (Lipinski definition) is 9. The van der Waals surface area contributed by atoms with Crippen molar-refractivity contribution in [3.05, 3.63) is 0 Å². The lowest BCUT2D eigenvalue weighted by molar-refractivity contribution is -0.145. The number of esters is 1. The Labute approximate surface area is 259 Å². The summed E-state index contributed by atoms with van der Waals surface area (Å²) < 4.78 is 10.2. The highest BCUT2D eigenvalue weighted by molar-refractivity contribution is 5.94. The van der Waals surface area contributed by atoms with E-state index in [1.54, 1.807) is 48.7 Å². The fourth-order valence-corrected chi connectivity index (χ4v) is 3.50. The molecule has 0 saturated carbocycles. The molecule has 0 aromatic rings. The lowest BCUT2D eigenvalue weighted by Gasteiger charge is -2.27. The average Bonchev–Trinajstić information content (AvgIpc) is 2.88. The molecule has 252 valence electrons. The molecule has 0 spiro atoms. The fourth-order valence-electron chi connectivity index (χ4n) is 3.50. The Hall–Kier alpha value is -3.91. The maximum absolute atomic E-state index is 13.3. The van der Waals surface area contributed by atoms with Crippen LogP contribution in [0.25, 0.3) is 0 Å². The molecule has 0 bridgehead atoms. The predicted molar refractivity (Wildman–Crippen MR) is 160 cm³/mol. The number of alkyl carbamates (subject to hydrolysis) is 1. The van der Waals surface area contributed by atoms with Crippen molar-refractivity contribution in [2.45, 2.75) is 104 Å². The monoisotopic (exact) mass is 629 g/mol. The molecule has 5 amide bonds. The van der Waals surface area contributed by atoms with Gasteiger partial charge in [-0.3, -0.25) is 24.0 Å². The van der Waals surface area contributed by atoms with Gasteiger partial charge in [-0.1, -0.05) is 27.7 Å². The van der Waals surface area contributed by atoms with E-state index >= 15 is 0 Å². The molecule has 0 radical (unpaired) electrons. The van der Waals surface area contributed by atoms with Gasteiger partial charge in [-0.25, -0.2) is 9.59 Å². The highest BCUT2D eigenvalue weighted by Crippen LogP contribution is 2.09. The van der Waals surface area contributed by atoms with Crippen LogP contribution in [-0.2, 0) is 38.2 Å². The molecule has 0 heterocycles. The topological polar surface area (TPSA) is 210 Å². The summed E-state index contributed by atoms with van der Waals surface area (Å²) in [6.07, 6.45) is -0.890. The SMILES string of the molecule is CC(C)COC(=O)CC[C@H](NC(=O)CCCC(=O)N(C)C)C(=O)N[C@H](C(=O)N[C@@H](CNC(=O)OC(C)(C)C)C(=O)O)C(C)C. The molecule has 0 aliphatic rings. The van der Waals surface area contributed by atoms with Crippen molar-refractivity contribution in [1.29, 1.82) is 0 Å². The van der Waals surface area contributed by atoms with E-state index in [4.69, 9.17) is 9.47 Å². The van der Waals surface area contributed by atoms with Gasteiger partial charge in [0.15, 0.2) is 0 Å². The van der Waals surface area contributed by atoms with Gasteiger partial charge in [0, 0.05) is 33.4 Å². The summed E-state index contributed by atoms with van der Waals surface area (Å²) in [5, 5.41) is 19.3. The Morgan fingerprint density at radius 3 is 1.93 bits per heavy atom. The van der Waals surface area contributed by atoms with Crippen LogP contribution in [-0.4, -0.2) is 103 Å². The quantitative estimate of drug-likeness (QED) is 0.136. The van der Waals surface area contributed by atoms with Crippen molar-refractivity contribution in [2.24, 2.45) is 11.8 Å². The van der Waals surface area contributed by atoms with Gasteiger partial charge in [-0.2, -0.15) is 0 Å². The first-order valence-electron chi connectivity index (χ1n) is 14.7. The molecule has 0 aliphatic carbocycles. The normalized spacial score (nSPS) is 13.2. The van der Waals surface area contributed by atoms with Gasteiger partial charge in [-0.15, -0.1) is 0 Å². The van der Waals surface area contributed by atoms with Gasteiger partial charge >= 0.3 is 18.0 Å². The van der Waals surface area contributed by atoms with E-state index in [9.17, 15) is 38.7 Å². The summed E-state index contributed by atoms with van der Waals surface area (Å²) in [6.45, 7) is 11.6. The molecule has 15 nitrogen and oxygen atoms in total.